The zero-order valence-electron chi connectivity index (χ0n) is 10.2. The molecule has 1 heterocycles. The molecule has 0 fully saturated rings. The predicted molar refractivity (Wildman–Crippen MR) is 81.8 cm³/mol. The van der Waals surface area contributed by atoms with Crippen LogP contribution in [0, 0.1) is 0 Å². The Bertz CT molecular complexity index is 644. The minimum absolute atomic E-state index is 0.0542. The second-order valence-electron chi connectivity index (χ2n) is 3.65. The molecule has 1 aromatic heterocycles. The number of aromatic carboxylic acids is 1. The van der Waals surface area contributed by atoms with E-state index in [-0.39, 0.29) is 11.6 Å². The fraction of sp³-hybridized carbons (Fsp3) is 0.167. The molecule has 0 aliphatic carbocycles. The van der Waals surface area contributed by atoms with E-state index in [9.17, 15) is 4.79 Å². The van der Waals surface area contributed by atoms with Crippen molar-refractivity contribution in [2.24, 2.45) is 0 Å². The number of aromatic nitrogens is 1. The molecule has 8 heteroatoms. The summed E-state index contributed by atoms with van der Waals surface area (Å²) in [6, 6.07) is 3.55. The summed E-state index contributed by atoms with van der Waals surface area (Å²) in [5, 5.41) is 10.5. The smallest absolute Gasteiger partial charge is 0.365 e. The normalized spacial score (nSPS) is 10.3. The number of nitrogens with zero attached hydrogens (tertiary/aromatic N) is 1. The van der Waals surface area contributed by atoms with Gasteiger partial charge in [-0.15, -0.1) is 11.3 Å². The van der Waals surface area contributed by atoms with Crippen LogP contribution in [0.5, 0.6) is 11.5 Å². The fourth-order valence-electron chi connectivity index (χ4n) is 1.40. The van der Waals surface area contributed by atoms with Gasteiger partial charge in [0.25, 0.3) is 0 Å². The van der Waals surface area contributed by atoms with E-state index in [1.54, 1.807) is 24.6 Å². The van der Waals surface area contributed by atoms with Gasteiger partial charge < -0.3 is 14.6 Å². The molecule has 2 rings (SSSR count). The van der Waals surface area contributed by atoms with Crippen LogP contribution in [0.4, 0.5) is 0 Å². The Kier molecular flexibility index (Phi) is 5.00. The predicted octanol–water partition coefficient (Wildman–Crippen LogP) is 3.95. The molecule has 5 nitrogen and oxygen atoms in total. The highest BCUT2D eigenvalue weighted by Gasteiger charge is 2.11. The van der Waals surface area contributed by atoms with Gasteiger partial charge in [0.05, 0.1) is 21.7 Å². The highest BCUT2D eigenvalue weighted by Crippen LogP contribution is 2.36. The summed E-state index contributed by atoms with van der Waals surface area (Å²) in [6.07, 6.45) is 0. The number of methoxy groups -OCH3 is 1. The van der Waals surface area contributed by atoms with E-state index in [1.807, 2.05) is 0 Å². The Balaban J connectivity index is 2.10. The van der Waals surface area contributed by atoms with Crippen molar-refractivity contribution in [1.82, 2.24) is 4.98 Å². The van der Waals surface area contributed by atoms with Gasteiger partial charge in [0, 0.05) is 5.38 Å². The summed E-state index contributed by atoms with van der Waals surface area (Å²) in [5.41, 5.74) is 0.575. The number of thiazole rings is 1. The third-order valence-electron chi connectivity index (χ3n) is 2.32. The number of ether oxygens (including phenoxy) is 2. The standard InChI is InChI=1S/C12H9Br2NO4S/c1-18-9-2-8(14)10(3-7(9)13)19-4-6-5-20-11(15-6)12(16)17/h2-3,5H,4H2,1H3,(H,16,17). The molecule has 1 N–H and O–H groups in total. The number of halogens is 2. The summed E-state index contributed by atoms with van der Waals surface area (Å²) >= 11 is 7.83. The van der Waals surface area contributed by atoms with Crippen LogP contribution in [0.15, 0.2) is 26.5 Å². The summed E-state index contributed by atoms with van der Waals surface area (Å²) in [4.78, 5) is 14.7. The average molecular weight is 423 g/mol. The molecule has 0 saturated carbocycles. The molecule has 0 unspecified atom stereocenters. The summed E-state index contributed by atoms with van der Waals surface area (Å²) in [5.74, 6) is 0.267. The van der Waals surface area contributed by atoms with Crippen LogP contribution in [0.1, 0.15) is 15.5 Å². The third kappa shape index (κ3) is 3.50. The van der Waals surface area contributed by atoms with Crippen molar-refractivity contribution >= 4 is 49.2 Å². The fourth-order valence-corrected chi connectivity index (χ4v) is 2.96. The van der Waals surface area contributed by atoms with Crippen LogP contribution in [0.3, 0.4) is 0 Å². The molecule has 0 radical (unpaired) electrons. The first-order valence-electron chi connectivity index (χ1n) is 5.34. The zero-order valence-corrected chi connectivity index (χ0v) is 14.2. The molecule has 0 bridgehead atoms. The first kappa shape index (κ1) is 15.3. The minimum atomic E-state index is -1.03. The molecule has 1 aromatic carbocycles. The number of carbonyl (C=O) groups is 1. The van der Waals surface area contributed by atoms with E-state index in [4.69, 9.17) is 14.6 Å². The second-order valence-corrected chi connectivity index (χ2v) is 6.22. The molecular formula is C12H9Br2NO4S. The van der Waals surface area contributed by atoms with Gasteiger partial charge in [-0.05, 0) is 44.0 Å². The number of carboxylic acid groups (broad SMARTS) is 1. The van der Waals surface area contributed by atoms with Crippen molar-refractivity contribution < 1.29 is 19.4 Å². The number of benzene rings is 1. The highest BCUT2D eigenvalue weighted by molar-refractivity contribution is 9.11. The quantitative estimate of drug-likeness (QED) is 0.789. The lowest BCUT2D eigenvalue weighted by Gasteiger charge is -2.10. The van der Waals surface area contributed by atoms with Crippen molar-refractivity contribution in [3.05, 3.63) is 37.2 Å². The molecule has 106 valence electrons. The lowest BCUT2D eigenvalue weighted by Crippen LogP contribution is -1.99. The zero-order chi connectivity index (χ0) is 14.7. The highest BCUT2D eigenvalue weighted by atomic mass is 79.9. The summed E-state index contributed by atoms with van der Waals surface area (Å²) < 4.78 is 12.3. The third-order valence-corrected chi connectivity index (χ3v) is 4.44. The number of rotatable bonds is 5. The van der Waals surface area contributed by atoms with Crippen molar-refractivity contribution in [1.29, 1.82) is 0 Å². The number of hydrogen-bond acceptors (Lipinski definition) is 5. The van der Waals surface area contributed by atoms with Gasteiger partial charge in [0.1, 0.15) is 18.1 Å². The van der Waals surface area contributed by atoms with Crippen molar-refractivity contribution in [2.45, 2.75) is 6.61 Å². The molecule has 20 heavy (non-hydrogen) atoms. The lowest BCUT2D eigenvalue weighted by atomic mass is 10.3. The minimum Gasteiger partial charge on any atom is -0.496 e. The van der Waals surface area contributed by atoms with Crippen LogP contribution < -0.4 is 9.47 Å². The van der Waals surface area contributed by atoms with Gasteiger partial charge in [-0.1, -0.05) is 0 Å². The van der Waals surface area contributed by atoms with Crippen LogP contribution in [0.2, 0.25) is 0 Å². The SMILES string of the molecule is COc1cc(Br)c(OCc2csc(C(=O)O)n2)cc1Br. The van der Waals surface area contributed by atoms with Crippen LogP contribution in [-0.4, -0.2) is 23.2 Å². The second kappa shape index (κ2) is 6.55. The van der Waals surface area contributed by atoms with E-state index in [2.05, 4.69) is 36.8 Å². The van der Waals surface area contributed by atoms with Crippen molar-refractivity contribution in [3.63, 3.8) is 0 Å². The largest absolute Gasteiger partial charge is 0.496 e. The van der Waals surface area contributed by atoms with E-state index in [0.29, 0.717) is 17.2 Å². The van der Waals surface area contributed by atoms with Crippen LogP contribution in [-0.2, 0) is 6.61 Å². The Morgan fingerprint density at radius 2 is 2.00 bits per heavy atom. The Morgan fingerprint density at radius 3 is 2.60 bits per heavy atom. The van der Waals surface area contributed by atoms with Crippen LogP contribution in [0.25, 0.3) is 0 Å². The van der Waals surface area contributed by atoms with Crippen LogP contribution >= 0.6 is 43.2 Å². The average Bonchev–Trinajstić information content (AvgIpc) is 2.88. The number of hydrogen-bond donors (Lipinski definition) is 1. The van der Waals surface area contributed by atoms with E-state index in [1.165, 1.54) is 0 Å². The summed E-state index contributed by atoms with van der Waals surface area (Å²) in [6.45, 7) is 0.196. The van der Waals surface area contributed by atoms with E-state index >= 15 is 0 Å². The first-order valence-corrected chi connectivity index (χ1v) is 7.81. The molecule has 0 aliphatic rings. The van der Waals surface area contributed by atoms with Gasteiger partial charge in [0.2, 0.25) is 5.01 Å². The molecular weight excluding hydrogens is 414 g/mol. The molecule has 0 amide bonds. The van der Waals surface area contributed by atoms with E-state index < -0.39 is 5.97 Å². The lowest BCUT2D eigenvalue weighted by molar-refractivity contribution is 0.0696. The molecule has 0 atom stereocenters. The van der Waals surface area contributed by atoms with Gasteiger partial charge in [-0.2, -0.15) is 0 Å². The van der Waals surface area contributed by atoms with Crippen molar-refractivity contribution in [2.75, 3.05) is 7.11 Å². The van der Waals surface area contributed by atoms with Gasteiger partial charge >= 0.3 is 5.97 Å². The molecule has 0 saturated heterocycles. The van der Waals surface area contributed by atoms with Gasteiger partial charge in [-0.3, -0.25) is 0 Å². The molecule has 2 aromatic rings. The molecule has 0 spiro atoms. The maximum absolute atomic E-state index is 10.7. The number of carboxylic acids is 1. The Morgan fingerprint density at radius 1 is 1.35 bits per heavy atom. The van der Waals surface area contributed by atoms with Gasteiger partial charge in [0.15, 0.2) is 0 Å². The van der Waals surface area contributed by atoms with E-state index in [0.717, 1.165) is 20.3 Å². The maximum Gasteiger partial charge on any atom is 0.365 e. The first-order chi connectivity index (χ1) is 9.51. The maximum atomic E-state index is 10.7. The summed E-state index contributed by atoms with van der Waals surface area (Å²) in [7, 11) is 1.58. The Hall–Kier alpha value is -1.12. The molecule has 0 aliphatic heterocycles. The monoisotopic (exact) mass is 421 g/mol. The Labute approximate surface area is 135 Å². The topological polar surface area (TPSA) is 68.7 Å². The van der Waals surface area contributed by atoms with Crippen molar-refractivity contribution in [3.8, 4) is 11.5 Å². The van der Waals surface area contributed by atoms with Gasteiger partial charge in [-0.25, -0.2) is 9.78 Å².